The third-order valence-electron chi connectivity index (χ3n) is 2.04. The lowest BCUT2D eigenvalue weighted by atomic mass is 10.2. The summed E-state index contributed by atoms with van der Waals surface area (Å²) in [6, 6.07) is 3.91. The van der Waals surface area contributed by atoms with Crippen LogP contribution in [0, 0.1) is 0 Å². The zero-order chi connectivity index (χ0) is 12.3. The van der Waals surface area contributed by atoms with Crippen LogP contribution >= 0.6 is 54.8 Å². The molecular formula is C11H8Br2ClNOS. The maximum Gasteiger partial charge on any atom is 0.148 e. The molecule has 17 heavy (non-hydrogen) atoms. The number of halogens is 3. The first-order valence-electron chi connectivity index (χ1n) is 4.75. The molecular weight excluding hydrogens is 389 g/mol. The Kier molecular flexibility index (Phi) is 4.85. The summed E-state index contributed by atoms with van der Waals surface area (Å²) < 4.78 is 7.50. The van der Waals surface area contributed by atoms with Gasteiger partial charge >= 0.3 is 0 Å². The molecule has 0 fully saturated rings. The van der Waals surface area contributed by atoms with Crippen LogP contribution in [-0.4, -0.2) is 4.98 Å². The van der Waals surface area contributed by atoms with Gasteiger partial charge in [0.1, 0.15) is 17.4 Å². The summed E-state index contributed by atoms with van der Waals surface area (Å²) in [6.45, 7) is 0.467. The zero-order valence-electron chi connectivity index (χ0n) is 8.62. The quantitative estimate of drug-likeness (QED) is 0.679. The van der Waals surface area contributed by atoms with E-state index in [0.29, 0.717) is 12.5 Å². The first-order chi connectivity index (χ1) is 8.20. The van der Waals surface area contributed by atoms with Crippen LogP contribution in [0.2, 0.25) is 0 Å². The van der Waals surface area contributed by atoms with Crippen molar-refractivity contribution in [1.29, 1.82) is 0 Å². The van der Waals surface area contributed by atoms with Crippen LogP contribution in [0.25, 0.3) is 0 Å². The summed E-state index contributed by atoms with van der Waals surface area (Å²) in [7, 11) is 0. The van der Waals surface area contributed by atoms with Crippen molar-refractivity contribution >= 4 is 54.8 Å². The van der Waals surface area contributed by atoms with E-state index in [0.717, 1.165) is 25.3 Å². The molecule has 0 saturated carbocycles. The highest BCUT2D eigenvalue weighted by molar-refractivity contribution is 9.11. The number of hydrogen-bond acceptors (Lipinski definition) is 3. The molecule has 6 heteroatoms. The van der Waals surface area contributed by atoms with Crippen LogP contribution < -0.4 is 4.74 Å². The fraction of sp³-hybridized carbons (Fsp3) is 0.182. The summed E-state index contributed by atoms with van der Waals surface area (Å²) >= 11 is 14.3. The molecule has 0 N–H and O–H groups in total. The van der Waals surface area contributed by atoms with Crippen LogP contribution in [0.1, 0.15) is 10.6 Å². The SMILES string of the molecule is ClCc1cc(Br)c(OCc2nccs2)c(Br)c1. The lowest BCUT2D eigenvalue weighted by Gasteiger charge is -2.10. The molecule has 0 amide bonds. The van der Waals surface area contributed by atoms with E-state index in [4.69, 9.17) is 16.3 Å². The number of benzene rings is 1. The number of rotatable bonds is 4. The van der Waals surface area contributed by atoms with Crippen LogP contribution in [0.5, 0.6) is 5.75 Å². The number of nitrogens with zero attached hydrogens (tertiary/aromatic N) is 1. The molecule has 2 rings (SSSR count). The van der Waals surface area contributed by atoms with Gasteiger partial charge in [0.2, 0.25) is 0 Å². The van der Waals surface area contributed by atoms with Crippen molar-refractivity contribution in [2.75, 3.05) is 0 Å². The average molecular weight is 398 g/mol. The van der Waals surface area contributed by atoms with Gasteiger partial charge in [0.05, 0.1) is 8.95 Å². The minimum Gasteiger partial charge on any atom is -0.484 e. The van der Waals surface area contributed by atoms with Crippen molar-refractivity contribution in [1.82, 2.24) is 4.98 Å². The summed E-state index contributed by atoms with van der Waals surface area (Å²) in [6.07, 6.45) is 1.77. The number of thiazole rings is 1. The van der Waals surface area contributed by atoms with Gasteiger partial charge in [-0.15, -0.1) is 22.9 Å². The van der Waals surface area contributed by atoms with E-state index in [2.05, 4.69) is 36.8 Å². The molecule has 0 unspecified atom stereocenters. The first kappa shape index (κ1) is 13.3. The number of alkyl halides is 1. The van der Waals surface area contributed by atoms with E-state index in [9.17, 15) is 0 Å². The van der Waals surface area contributed by atoms with E-state index >= 15 is 0 Å². The van der Waals surface area contributed by atoms with Crippen molar-refractivity contribution in [3.05, 3.63) is 43.2 Å². The molecule has 0 aliphatic rings. The third-order valence-corrected chi connectivity index (χ3v) is 4.28. The smallest absolute Gasteiger partial charge is 0.148 e. The van der Waals surface area contributed by atoms with Crippen molar-refractivity contribution in [2.24, 2.45) is 0 Å². The van der Waals surface area contributed by atoms with Gasteiger partial charge in [-0.1, -0.05) is 0 Å². The predicted molar refractivity (Wildman–Crippen MR) is 77.8 cm³/mol. The lowest BCUT2D eigenvalue weighted by molar-refractivity contribution is 0.301. The van der Waals surface area contributed by atoms with Crippen molar-refractivity contribution in [2.45, 2.75) is 12.5 Å². The van der Waals surface area contributed by atoms with Crippen molar-refractivity contribution in [3.8, 4) is 5.75 Å². The molecule has 0 bridgehead atoms. The molecule has 0 atom stereocenters. The molecule has 0 spiro atoms. The standard InChI is InChI=1S/C11H8Br2ClNOS/c12-8-3-7(5-14)4-9(13)11(8)16-6-10-15-1-2-17-10/h1-4H,5-6H2. The second-order valence-corrected chi connectivity index (χ2v) is 6.19. The van der Waals surface area contributed by atoms with Crippen molar-refractivity contribution < 1.29 is 4.74 Å². The summed E-state index contributed by atoms with van der Waals surface area (Å²) in [5, 5.41) is 2.88. The van der Waals surface area contributed by atoms with Crippen molar-refractivity contribution in [3.63, 3.8) is 0 Å². The van der Waals surface area contributed by atoms with Gasteiger partial charge in [-0.05, 0) is 49.6 Å². The Balaban J connectivity index is 2.15. The highest BCUT2D eigenvalue weighted by Crippen LogP contribution is 2.35. The Morgan fingerprint density at radius 2 is 2.00 bits per heavy atom. The van der Waals surface area contributed by atoms with Gasteiger partial charge in [-0.3, -0.25) is 0 Å². The van der Waals surface area contributed by atoms with E-state index in [1.54, 1.807) is 17.5 Å². The number of aromatic nitrogens is 1. The monoisotopic (exact) mass is 395 g/mol. The summed E-state index contributed by atoms with van der Waals surface area (Å²) in [4.78, 5) is 4.17. The highest BCUT2D eigenvalue weighted by Gasteiger charge is 2.09. The average Bonchev–Trinajstić information content (AvgIpc) is 2.80. The van der Waals surface area contributed by atoms with E-state index in [1.807, 2.05) is 17.5 Å². The highest BCUT2D eigenvalue weighted by atomic mass is 79.9. The molecule has 0 aliphatic heterocycles. The first-order valence-corrected chi connectivity index (χ1v) is 7.75. The summed E-state index contributed by atoms with van der Waals surface area (Å²) in [5.74, 6) is 1.25. The zero-order valence-corrected chi connectivity index (χ0v) is 13.4. The molecule has 90 valence electrons. The molecule has 2 aromatic rings. The van der Waals surface area contributed by atoms with Crippen LogP contribution in [0.15, 0.2) is 32.7 Å². The minimum absolute atomic E-state index is 0.467. The largest absolute Gasteiger partial charge is 0.484 e. The van der Waals surface area contributed by atoms with Gasteiger partial charge in [0.25, 0.3) is 0 Å². The van der Waals surface area contributed by atoms with Gasteiger partial charge in [0, 0.05) is 17.5 Å². The molecule has 2 nitrogen and oxygen atoms in total. The van der Waals surface area contributed by atoms with Gasteiger partial charge in [-0.25, -0.2) is 4.98 Å². The normalized spacial score (nSPS) is 10.5. The van der Waals surface area contributed by atoms with Gasteiger partial charge in [0.15, 0.2) is 0 Å². The van der Waals surface area contributed by atoms with Gasteiger partial charge < -0.3 is 4.74 Å². The minimum atomic E-state index is 0.467. The third kappa shape index (κ3) is 3.44. The Labute approximate surface area is 125 Å². The fourth-order valence-electron chi connectivity index (χ4n) is 1.29. The number of ether oxygens (including phenoxy) is 1. The Morgan fingerprint density at radius 3 is 2.53 bits per heavy atom. The maximum absolute atomic E-state index is 5.79. The molecule has 1 heterocycles. The molecule has 0 saturated heterocycles. The van der Waals surface area contributed by atoms with E-state index in [-0.39, 0.29) is 0 Å². The van der Waals surface area contributed by atoms with Crippen LogP contribution in [0.4, 0.5) is 0 Å². The van der Waals surface area contributed by atoms with Crippen LogP contribution in [-0.2, 0) is 12.5 Å². The molecule has 0 radical (unpaired) electrons. The van der Waals surface area contributed by atoms with Gasteiger partial charge in [-0.2, -0.15) is 0 Å². The topological polar surface area (TPSA) is 22.1 Å². The Bertz CT molecular complexity index is 481. The predicted octanol–water partition coefficient (Wildman–Crippen LogP) is 4.99. The Hall–Kier alpha value is -0.100. The fourth-order valence-corrected chi connectivity index (χ4v) is 3.48. The second kappa shape index (κ2) is 6.18. The summed E-state index contributed by atoms with van der Waals surface area (Å²) in [5.41, 5.74) is 1.03. The molecule has 0 aliphatic carbocycles. The second-order valence-electron chi connectivity index (χ2n) is 3.24. The lowest BCUT2D eigenvalue weighted by Crippen LogP contribution is -1.96. The maximum atomic E-state index is 5.79. The number of hydrogen-bond donors (Lipinski definition) is 0. The molecule has 1 aromatic carbocycles. The van der Waals surface area contributed by atoms with E-state index in [1.165, 1.54) is 0 Å². The van der Waals surface area contributed by atoms with Crippen LogP contribution in [0.3, 0.4) is 0 Å². The Morgan fingerprint density at radius 1 is 1.29 bits per heavy atom. The van der Waals surface area contributed by atoms with E-state index < -0.39 is 0 Å². The molecule has 1 aromatic heterocycles.